The molecule has 1 aromatic rings. The second-order valence-corrected chi connectivity index (χ2v) is 7.39. The Morgan fingerprint density at radius 1 is 1.25 bits per heavy atom. The molecule has 4 heteroatoms. The average molecular weight is 330 g/mol. The summed E-state index contributed by atoms with van der Waals surface area (Å²) in [6, 6.07) is 9.06. The van der Waals surface area contributed by atoms with E-state index in [1.54, 1.807) is 0 Å². The van der Waals surface area contributed by atoms with Gasteiger partial charge >= 0.3 is 0 Å². The fourth-order valence-electron chi connectivity index (χ4n) is 4.41. The Bertz CT molecular complexity index is 591. The number of benzene rings is 1. The van der Waals surface area contributed by atoms with Crippen LogP contribution in [0.15, 0.2) is 24.3 Å². The van der Waals surface area contributed by atoms with Gasteiger partial charge < -0.3 is 14.5 Å². The third-order valence-corrected chi connectivity index (χ3v) is 5.83. The number of para-hydroxylation sites is 1. The van der Waals surface area contributed by atoms with Crippen molar-refractivity contribution in [2.45, 2.75) is 64.6 Å². The van der Waals surface area contributed by atoms with E-state index in [0.29, 0.717) is 0 Å². The lowest BCUT2D eigenvalue weighted by Crippen LogP contribution is -2.65. The molecule has 4 nitrogen and oxygen atoms in total. The number of hydrogen-bond acceptors (Lipinski definition) is 3. The minimum absolute atomic E-state index is 0.127. The standard InChI is InChI=1S/C20H30N2O2/c1-5-17-8-6-7-9-18(17)21-12-10-20(11-13-21)16(4)22(15(2)3)19(23)14-24-20/h6-9,15-16H,5,10-14H2,1-4H3. The first-order valence-corrected chi connectivity index (χ1v) is 9.26. The number of rotatable bonds is 3. The zero-order valence-electron chi connectivity index (χ0n) is 15.4. The van der Waals surface area contributed by atoms with Crippen LogP contribution in [0.1, 0.15) is 46.1 Å². The molecule has 24 heavy (non-hydrogen) atoms. The van der Waals surface area contributed by atoms with Gasteiger partial charge in [0.1, 0.15) is 6.61 Å². The molecule has 0 saturated carbocycles. The Balaban J connectivity index is 1.75. The van der Waals surface area contributed by atoms with E-state index < -0.39 is 0 Å². The maximum absolute atomic E-state index is 12.2. The fourth-order valence-corrected chi connectivity index (χ4v) is 4.41. The van der Waals surface area contributed by atoms with E-state index in [9.17, 15) is 4.79 Å². The summed E-state index contributed by atoms with van der Waals surface area (Å²) in [5, 5.41) is 0. The van der Waals surface area contributed by atoms with Gasteiger partial charge in [-0.25, -0.2) is 0 Å². The lowest BCUT2D eigenvalue weighted by molar-refractivity contribution is -0.184. The molecule has 132 valence electrons. The zero-order valence-corrected chi connectivity index (χ0v) is 15.4. The lowest BCUT2D eigenvalue weighted by Gasteiger charge is -2.53. The van der Waals surface area contributed by atoms with Crippen molar-refractivity contribution in [2.75, 3.05) is 24.6 Å². The van der Waals surface area contributed by atoms with Gasteiger partial charge in [-0.3, -0.25) is 4.79 Å². The normalized spacial score (nSPS) is 24.0. The molecule has 1 amide bonds. The van der Waals surface area contributed by atoms with Crippen LogP contribution in [-0.4, -0.2) is 48.2 Å². The van der Waals surface area contributed by atoms with Gasteiger partial charge in [-0.15, -0.1) is 0 Å². The number of aryl methyl sites for hydroxylation is 1. The lowest BCUT2D eigenvalue weighted by atomic mass is 9.82. The molecule has 2 aliphatic rings. The number of carbonyl (C=O) groups excluding carboxylic acids is 1. The topological polar surface area (TPSA) is 32.8 Å². The quantitative estimate of drug-likeness (QED) is 0.853. The van der Waals surface area contributed by atoms with Crippen LogP contribution in [0.5, 0.6) is 0 Å². The monoisotopic (exact) mass is 330 g/mol. The van der Waals surface area contributed by atoms with Crippen molar-refractivity contribution in [3.05, 3.63) is 29.8 Å². The highest BCUT2D eigenvalue weighted by Crippen LogP contribution is 2.38. The van der Waals surface area contributed by atoms with Crippen LogP contribution in [0.4, 0.5) is 5.69 Å². The average Bonchev–Trinajstić information content (AvgIpc) is 2.59. The fraction of sp³-hybridized carbons (Fsp3) is 0.650. The third kappa shape index (κ3) is 2.92. The first kappa shape index (κ1) is 17.3. The van der Waals surface area contributed by atoms with Crippen molar-refractivity contribution in [2.24, 2.45) is 0 Å². The predicted octanol–water partition coefficient (Wildman–Crippen LogP) is 3.24. The molecule has 1 spiro atoms. The number of carbonyl (C=O) groups is 1. The van der Waals surface area contributed by atoms with Crippen molar-refractivity contribution in [1.29, 1.82) is 0 Å². The van der Waals surface area contributed by atoms with E-state index in [0.717, 1.165) is 32.4 Å². The van der Waals surface area contributed by atoms with Gasteiger partial charge in [-0.1, -0.05) is 25.1 Å². The molecule has 0 aromatic heterocycles. The van der Waals surface area contributed by atoms with E-state index in [2.05, 4.69) is 56.9 Å². The molecular formula is C20H30N2O2. The summed E-state index contributed by atoms with van der Waals surface area (Å²) in [4.78, 5) is 16.7. The van der Waals surface area contributed by atoms with Crippen LogP contribution < -0.4 is 4.90 Å². The van der Waals surface area contributed by atoms with Gasteiger partial charge in [0.2, 0.25) is 5.91 Å². The van der Waals surface area contributed by atoms with Gasteiger partial charge in [-0.05, 0) is 51.7 Å². The van der Waals surface area contributed by atoms with E-state index in [4.69, 9.17) is 4.74 Å². The maximum atomic E-state index is 12.2. The molecule has 0 aliphatic carbocycles. The second-order valence-electron chi connectivity index (χ2n) is 7.39. The SMILES string of the molecule is CCc1ccccc1N1CCC2(CC1)OCC(=O)N(C(C)C)C2C. The molecule has 2 aliphatic heterocycles. The highest BCUT2D eigenvalue weighted by atomic mass is 16.5. The largest absolute Gasteiger partial charge is 0.371 e. The number of hydrogen-bond donors (Lipinski definition) is 0. The van der Waals surface area contributed by atoms with Gasteiger partial charge in [0.15, 0.2) is 0 Å². The second kappa shape index (κ2) is 6.75. The molecule has 2 fully saturated rings. The van der Waals surface area contributed by atoms with Crippen LogP contribution in [0.25, 0.3) is 0 Å². The number of piperidine rings is 1. The van der Waals surface area contributed by atoms with Crippen molar-refractivity contribution >= 4 is 11.6 Å². The van der Waals surface area contributed by atoms with Crippen LogP contribution in [0, 0.1) is 0 Å². The molecule has 1 unspecified atom stereocenters. The molecule has 0 bridgehead atoms. The van der Waals surface area contributed by atoms with Crippen LogP contribution in [0.3, 0.4) is 0 Å². The number of anilines is 1. The van der Waals surface area contributed by atoms with Crippen molar-refractivity contribution in [1.82, 2.24) is 4.90 Å². The van der Waals surface area contributed by atoms with E-state index >= 15 is 0 Å². The summed E-state index contributed by atoms with van der Waals surface area (Å²) >= 11 is 0. The molecule has 2 saturated heterocycles. The summed E-state index contributed by atoms with van der Waals surface area (Å²) in [6.45, 7) is 10.8. The van der Waals surface area contributed by atoms with Crippen molar-refractivity contribution in [3.8, 4) is 0 Å². The summed E-state index contributed by atoms with van der Waals surface area (Å²) in [5.41, 5.74) is 2.58. The predicted molar refractivity (Wildman–Crippen MR) is 97.4 cm³/mol. The highest BCUT2D eigenvalue weighted by molar-refractivity contribution is 5.79. The van der Waals surface area contributed by atoms with Crippen molar-refractivity contribution in [3.63, 3.8) is 0 Å². The van der Waals surface area contributed by atoms with Crippen molar-refractivity contribution < 1.29 is 9.53 Å². The number of nitrogens with zero attached hydrogens (tertiary/aromatic N) is 2. The first-order valence-electron chi connectivity index (χ1n) is 9.26. The third-order valence-electron chi connectivity index (χ3n) is 5.83. The minimum atomic E-state index is -0.185. The van der Waals surface area contributed by atoms with E-state index in [1.165, 1.54) is 11.3 Å². The Morgan fingerprint density at radius 3 is 2.54 bits per heavy atom. The summed E-state index contributed by atoms with van der Waals surface area (Å²) in [6.07, 6.45) is 3.01. The van der Waals surface area contributed by atoms with Gasteiger partial charge in [0.25, 0.3) is 0 Å². The molecule has 2 heterocycles. The highest BCUT2D eigenvalue weighted by Gasteiger charge is 2.48. The van der Waals surface area contributed by atoms with Crippen LogP contribution in [0.2, 0.25) is 0 Å². The summed E-state index contributed by atoms with van der Waals surface area (Å²) < 4.78 is 6.13. The zero-order chi connectivity index (χ0) is 17.3. The smallest absolute Gasteiger partial charge is 0.249 e. The molecule has 3 rings (SSSR count). The van der Waals surface area contributed by atoms with Crippen LogP contribution in [-0.2, 0) is 16.0 Å². The Hall–Kier alpha value is -1.55. The number of morpholine rings is 1. The molecule has 0 radical (unpaired) electrons. The molecule has 1 aromatic carbocycles. The van der Waals surface area contributed by atoms with E-state index in [-0.39, 0.29) is 30.2 Å². The summed E-state index contributed by atoms with van der Waals surface area (Å²) in [7, 11) is 0. The Morgan fingerprint density at radius 2 is 1.92 bits per heavy atom. The summed E-state index contributed by atoms with van der Waals surface area (Å²) in [5.74, 6) is 0.127. The maximum Gasteiger partial charge on any atom is 0.249 e. The first-order chi connectivity index (χ1) is 11.5. The Labute approximate surface area is 145 Å². The molecular weight excluding hydrogens is 300 g/mol. The molecule has 0 N–H and O–H groups in total. The minimum Gasteiger partial charge on any atom is -0.371 e. The van der Waals surface area contributed by atoms with Gasteiger partial charge in [0, 0.05) is 24.8 Å². The number of ether oxygens (including phenoxy) is 1. The van der Waals surface area contributed by atoms with Gasteiger partial charge in [-0.2, -0.15) is 0 Å². The Kier molecular flexibility index (Phi) is 4.86. The molecule has 1 atom stereocenters. The van der Waals surface area contributed by atoms with Gasteiger partial charge in [0.05, 0.1) is 11.6 Å². The van der Waals surface area contributed by atoms with E-state index in [1.807, 2.05) is 4.90 Å². The van der Waals surface area contributed by atoms with Crippen LogP contribution >= 0.6 is 0 Å². The number of amides is 1.